The number of carbonyl (C=O) groups is 1. The second-order valence-electron chi connectivity index (χ2n) is 4.44. The molecule has 1 atom stereocenters. The van der Waals surface area contributed by atoms with Gasteiger partial charge in [-0.1, -0.05) is 42.5 Å². The van der Waals surface area contributed by atoms with Crippen LogP contribution in [0.5, 0.6) is 0 Å². The van der Waals surface area contributed by atoms with Crippen molar-refractivity contribution in [2.75, 3.05) is 5.32 Å². The van der Waals surface area contributed by atoms with Crippen LogP contribution in [0.3, 0.4) is 0 Å². The number of nitrogens with one attached hydrogen (secondary N) is 1. The smallest absolute Gasteiger partial charge is 0.263 e. The van der Waals surface area contributed by atoms with Gasteiger partial charge in [-0.05, 0) is 6.07 Å². The van der Waals surface area contributed by atoms with Crippen molar-refractivity contribution >= 4 is 17.3 Å². The summed E-state index contributed by atoms with van der Waals surface area (Å²) in [6.07, 6.45) is -1.06. The Balaban J connectivity index is 2.25. The maximum absolute atomic E-state index is 13.9. The minimum Gasteiger partial charge on any atom is -0.320 e. The fourth-order valence-electron chi connectivity index (χ4n) is 2.14. The summed E-state index contributed by atoms with van der Waals surface area (Å²) in [7, 11) is 0. The van der Waals surface area contributed by atoms with Gasteiger partial charge in [0.2, 0.25) is 0 Å². The van der Waals surface area contributed by atoms with Gasteiger partial charge in [0.25, 0.3) is 5.91 Å². The molecule has 0 aromatic heterocycles. The molecule has 0 saturated carbocycles. The predicted octanol–water partition coefficient (Wildman–Crippen LogP) is 1.90. The Bertz CT molecular complexity index is 698. The van der Waals surface area contributed by atoms with Gasteiger partial charge in [0, 0.05) is 11.1 Å². The third-order valence-electron chi connectivity index (χ3n) is 3.10. The van der Waals surface area contributed by atoms with Crippen LogP contribution in [0.4, 0.5) is 10.1 Å². The molecule has 0 saturated heterocycles. The summed E-state index contributed by atoms with van der Waals surface area (Å²) in [6.45, 7) is 0. The molecule has 3 rings (SSSR count). The number of anilines is 1. The number of rotatable bonds is 1. The third kappa shape index (κ3) is 2.08. The SMILES string of the molecule is N[C@@H]1N=C(c2ccccc2)c2cccc(F)c2NC1=O. The number of halogens is 1. The second kappa shape index (κ2) is 4.86. The average molecular weight is 269 g/mol. The van der Waals surface area contributed by atoms with Gasteiger partial charge >= 0.3 is 0 Å². The van der Waals surface area contributed by atoms with Crippen molar-refractivity contribution in [3.8, 4) is 0 Å². The molecule has 1 aliphatic rings. The summed E-state index contributed by atoms with van der Waals surface area (Å²) in [5.74, 6) is -1.03. The zero-order valence-electron chi connectivity index (χ0n) is 10.5. The standard InChI is InChI=1S/C15H12FN3O/c16-11-8-4-7-10-12(9-5-2-1-3-6-9)18-14(17)15(20)19-13(10)11/h1-8,14H,17H2,(H,19,20)/t14-/m1/s1. The number of aliphatic imine (C=N–C) groups is 1. The number of nitrogens with zero attached hydrogens (tertiary/aromatic N) is 1. The molecule has 0 aliphatic carbocycles. The van der Waals surface area contributed by atoms with E-state index in [1.54, 1.807) is 12.1 Å². The molecule has 1 amide bonds. The van der Waals surface area contributed by atoms with Crippen LogP contribution in [0.25, 0.3) is 0 Å². The molecule has 2 aromatic rings. The Hall–Kier alpha value is -2.53. The number of hydrogen-bond acceptors (Lipinski definition) is 3. The zero-order chi connectivity index (χ0) is 14.1. The van der Waals surface area contributed by atoms with Gasteiger partial charge < -0.3 is 11.1 Å². The molecular weight excluding hydrogens is 257 g/mol. The van der Waals surface area contributed by atoms with E-state index in [4.69, 9.17) is 5.73 Å². The first-order chi connectivity index (χ1) is 9.66. The molecule has 0 radical (unpaired) electrons. The highest BCUT2D eigenvalue weighted by Gasteiger charge is 2.24. The monoisotopic (exact) mass is 269 g/mol. The first-order valence-corrected chi connectivity index (χ1v) is 6.15. The van der Waals surface area contributed by atoms with E-state index in [9.17, 15) is 9.18 Å². The van der Waals surface area contributed by atoms with Crippen molar-refractivity contribution in [2.45, 2.75) is 6.17 Å². The van der Waals surface area contributed by atoms with Crippen LogP contribution >= 0.6 is 0 Å². The molecule has 4 nitrogen and oxygen atoms in total. The van der Waals surface area contributed by atoms with E-state index < -0.39 is 17.9 Å². The zero-order valence-corrected chi connectivity index (χ0v) is 10.5. The van der Waals surface area contributed by atoms with Crippen LogP contribution < -0.4 is 11.1 Å². The Kier molecular flexibility index (Phi) is 3.04. The molecule has 1 aliphatic heterocycles. The Morgan fingerprint density at radius 2 is 1.85 bits per heavy atom. The molecule has 100 valence electrons. The third-order valence-corrected chi connectivity index (χ3v) is 3.10. The molecule has 0 unspecified atom stereocenters. The first-order valence-electron chi connectivity index (χ1n) is 6.15. The van der Waals surface area contributed by atoms with Crippen LogP contribution in [0.15, 0.2) is 53.5 Å². The van der Waals surface area contributed by atoms with Gasteiger partial charge in [-0.3, -0.25) is 9.79 Å². The second-order valence-corrected chi connectivity index (χ2v) is 4.44. The topological polar surface area (TPSA) is 67.5 Å². The van der Waals surface area contributed by atoms with Crippen LogP contribution in [0, 0.1) is 5.82 Å². The molecule has 0 fully saturated rings. The lowest BCUT2D eigenvalue weighted by Crippen LogP contribution is -2.33. The maximum Gasteiger partial charge on any atom is 0.263 e. The molecule has 5 heteroatoms. The Labute approximate surface area is 115 Å². The van der Waals surface area contributed by atoms with Crippen LogP contribution in [0.1, 0.15) is 11.1 Å². The van der Waals surface area contributed by atoms with Gasteiger partial charge in [0.15, 0.2) is 6.17 Å². The van der Waals surface area contributed by atoms with E-state index in [0.29, 0.717) is 11.3 Å². The Morgan fingerprint density at radius 3 is 2.60 bits per heavy atom. The van der Waals surface area contributed by atoms with E-state index in [2.05, 4.69) is 10.3 Å². The van der Waals surface area contributed by atoms with Crippen molar-refractivity contribution < 1.29 is 9.18 Å². The highest BCUT2D eigenvalue weighted by Crippen LogP contribution is 2.26. The number of amides is 1. The van der Waals surface area contributed by atoms with Crippen molar-refractivity contribution in [3.63, 3.8) is 0 Å². The minimum absolute atomic E-state index is 0.119. The minimum atomic E-state index is -1.06. The lowest BCUT2D eigenvalue weighted by atomic mass is 10.0. The number of benzene rings is 2. The summed E-state index contributed by atoms with van der Waals surface area (Å²) in [5, 5.41) is 2.49. The van der Waals surface area contributed by atoms with E-state index in [0.717, 1.165) is 5.56 Å². The number of benzodiazepines with no additional fused rings is 1. The van der Waals surface area contributed by atoms with Crippen molar-refractivity contribution in [1.82, 2.24) is 0 Å². The molecule has 2 aromatic carbocycles. The highest BCUT2D eigenvalue weighted by molar-refractivity contribution is 6.19. The normalized spacial score (nSPS) is 17.8. The van der Waals surface area contributed by atoms with Gasteiger partial charge in [-0.15, -0.1) is 0 Å². The van der Waals surface area contributed by atoms with Gasteiger partial charge in [0.05, 0.1) is 11.4 Å². The lowest BCUT2D eigenvalue weighted by Gasteiger charge is -2.10. The van der Waals surface area contributed by atoms with Crippen LogP contribution in [0.2, 0.25) is 0 Å². The van der Waals surface area contributed by atoms with E-state index in [1.165, 1.54) is 6.07 Å². The average Bonchev–Trinajstić information content (AvgIpc) is 2.59. The quantitative estimate of drug-likeness (QED) is 0.830. The largest absolute Gasteiger partial charge is 0.320 e. The predicted molar refractivity (Wildman–Crippen MR) is 75.1 cm³/mol. The van der Waals surface area contributed by atoms with Gasteiger partial charge in [-0.25, -0.2) is 4.39 Å². The van der Waals surface area contributed by atoms with Crippen molar-refractivity contribution in [2.24, 2.45) is 10.7 Å². The molecule has 20 heavy (non-hydrogen) atoms. The lowest BCUT2D eigenvalue weighted by molar-refractivity contribution is -0.117. The maximum atomic E-state index is 13.9. The fraction of sp³-hybridized carbons (Fsp3) is 0.0667. The highest BCUT2D eigenvalue weighted by atomic mass is 19.1. The van der Waals surface area contributed by atoms with Crippen LogP contribution in [-0.4, -0.2) is 17.8 Å². The molecule has 1 heterocycles. The number of carbonyl (C=O) groups excluding carboxylic acids is 1. The van der Waals surface area contributed by atoms with E-state index in [1.807, 2.05) is 30.3 Å². The van der Waals surface area contributed by atoms with Crippen LogP contribution in [-0.2, 0) is 4.79 Å². The first kappa shape index (κ1) is 12.5. The van der Waals surface area contributed by atoms with Crippen molar-refractivity contribution in [3.05, 3.63) is 65.5 Å². The Morgan fingerprint density at radius 1 is 1.10 bits per heavy atom. The van der Waals surface area contributed by atoms with Crippen molar-refractivity contribution in [1.29, 1.82) is 0 Å². The number of fused-ring (bicyclic) bond motifs is 1. The summed E-state index contributed by atoms with van der Waals surface area (Å²) in [4.78, 5) is 16.0. The number of nitrogens with two attached hydrogens (primary N) is 1. The summed E-state index contributed by atoms with van der Waals surface area (Å²) in [6, 6.07) is 13.8. The molecule has 3 N–H and O–H groups in total. The summed E-state index contributed by atoms with van der Waals surface area (Å²) in [5.41, 5.74) is 7.65. The van der Waals surface area contributed by atoms with Gasteiger partial charge in [-0.2, -0.15) is 0 Å². The van der Waals surface area contributed by atoms with Gasteiger partial charge in [0.1, 0.15) is 5.82 Å². The summed E-state index contributed by atoms with van der Waals surface area (Å²) >= 11 is 0. The number of hydrogen-bond donors (Lipinski definition) is 2. The number of para-hydroxylation sites is 1. The molecule has 0 spiro atoms. The summed E-state index contributed by atoms with van der Waals surface area (Å²) < 4.78 is 13.9. The molecular formula is C15H12FN3O. The molecule has 0 bridgehead atoms. The van der Waals surface area contributed by atoms with E-state index in [-0.39, 0.29) is 5.69 Å². The fourth-order valence-corrected chi connectivity index (χ4v) is 2.14. The van der Waals surface area contributed by atoms with E-state index >= 15 is 0 Å².